The molecule has 2 fully saturated rings. The first kappa shape index (κ1) is 26.9. The molecular weight excluding hydrogens is 706 g/mol. The Bertz CT molecular complexity index is 1250. The van der Waals surface area contributed by atoms with E-state index in [0.29, 0.717) is 12.5 Å². The first-order valence-electron chi connectivity index (χ1n) is 12.7. The van der Waals surface area contributed by atoms with Gasteiger partial charge in [0.2, 0.25) is 0 Å². The van der Waals surface area contributed by atoms with E-state index in [1.165, 1.54) is 19.3 Å². The van der Waals surface area contributed by atoms with Crippen LogP contribution < -0.4 is 10.1 Å². The second-order valence-electron chi connectivity index (χ2n) is 9.62. The molecule has 1 saturated carbocycles. The van der Waals surface area contributed by atoms with Crippen LogP contribution in [0.25, 0.3) is 6.08 Å². The Hall–Kier alpha value is -1.72. The van der Waals surface area contributed by atoms with Crippen LogP contribution in [0.4, 0.5) is 5.69 Å². The van der Waals surface area contributed by atoms with Crippen molar-refractivity contribution < 1.29 is 9.53 Å². The Kier molecular flexibility index (Phi) is 9.02. The summed E-state index contributed by atoms with van der Waals surface area (Å²) in [4.78, 5) is 16.7. The second kappa shape index (κ2) is 12.4. The minimum atomic E-state index is -0.113. The molecule has 1 amide bonds. The first-order valence-corrected chi connectivity index (χ1v) is 15.7. The number of hydrogen-bond acceptors (Lipinski definition) is 4. The molecule has 1 heterocycles. The van der Waals surface area contributed by atoms with Gasteiger partial charge in [0.05, 0.1) is 12.0 Å². The molecular formula is C30H30I2N2O2S. The Labute approximate surface area is 250 Å². The van der Waals surface area contributed by atoms with Crippen molar-refractivity contribution in [3.8, 4) is 5.75 Å². The summed E-state index contributed by atoms with van der Waals surface area (Å²) in [6.45, 7) is 2.82. The molecule has 0 aromatic heterocycles. The summed E-state index contributed by atoms with van der Waals surface area (Å²) in [5, 5.41) is 3.62. The van der Waals surface area contributed by atoms with Crippen LogP contribution in [0.5, 0.6) is 5.75 Å². The van der Waals surface area contributed by atoms with Crippen LogP contribution in [0.1, 0.15) is 43.7 Å². The summed E-state index contributed by atoms with van der Waals surface area (Å²) in [5.74, 6) is 1.52. The molecule has 7 heteroatoms. The molecule has 1 aliphatic carbocycles. The lowest BCUT2D eigenvalue weighted by atomic mass is 9.85. The Balaban J connectivity index is 1.39. The second-order valence-corrected chi connectivity index (χ2v) is 13.1. The predicted octanol–water partition coefficient (Wildman–Crippen LogP) is 8.37. The van der Waals surface area contributed by atoms with Crippen molar-refractivity contribution in [1.29, 1.82) is 0 Å². The quantitative estimate of drug-likeness (QED) is 0.196. The molecule has 3 atom stereocenters. The molecule has 3 aromatic carbocycles. The molecule has 1 saturated heterocycles. The standard InChI is InChI=1S/C30H30I2N2O2S/c1-20-10-8-9-15-26(20)34-29(35)27(37-30(34)33-23-13-6-3-7-14-23)18-22-16-24(31)28(25(32)17-22)36-19-21-11-4-2-5-12-21/h2-7,11-14,16-18,20,26,30,33H,8-10,15,19H2,1H3/b27-18-/t20-,26-,30?/m1/s1. The number of benzene rings is 3. The topological polar surface area (TPSA) is 41.6 Å². The van der Waals surface area contributed by atoms with Crippen LogP contribution in [-0.4, -0.2) is 22.3 Å². The van der Waals surface area contributed by atoms with Crippen molar-refractivity contribution in [3.63, 3.8) is 0 Å². The fourth-order valence-corrected chi connectivity index (χ4v) is 8.39. The van der Waals surface area contributed by atoms with Gasteiger partial charge >= 0.3 is 0 Å². The smallest absolute Gasteiger partial charge is 0.262 e. The number of para-hydroxylation sites is 1. The van der Waals surface area contributed by atoms with E-state index in [2.05, 4.69) is 98.7 Å². The lowest BCUT2D eigenvalue weighted by Gasteiger charge is -2.39. The van der Waals surface area contributed by atoms with E-state index in [1.54, 1.807) is 11.8 Å². The average Bonchev–Trinajstić information content (AvgIpc) is 3.19. The number of anilines is 1. The fourth-order valence-electron chi connectivity index (χ4n) is 5.05. The van der Waals surface area contributed by atoms with Gasteiger partial charge in [-0.3, -0.25) is 4.79 Å². The van der Waals surface area contributed by atoms with E-state index in [0.717, 1.165) is 41.0 Å². The molecule has 37 heavy (non-hydrogen) atoms. The van der Waals surface area contributed by atoms with Crippen LogP contribution in [-0.2, 0) is 11.4 Å². The lowest BCUT2D eigenvalue weighted by molar-refractivity contribution is -0.129. The molecule has 5 rings (SSSR count). The van der Waals surface area contributed by atoms with Crippen molar-refractivity contribution in [2.45, 2.75) is 50.8 Å². The van der Waals surface area contributed by atoms with Gasteiger partial charge in [0, 0.05) is 11.7 Å². The van der Waals surface area contributed by atoms with Crippen molar-refractivity contribution in [2.75, 3.05) is 5.32 Å². The van der Waals surface area contributed by atoms with Gasteiger partial charge in [0.25, 0.3) is 5.91 Å². The van der Waals surface area contributed by atoms with Gasteiger partial charge in [0.1, 0.15) is 12.4 Å². The maximum Gasteiger partial charge on any atom is 0.262 e. The van der Waals surface area contributed by atoms with Gasteiger partial charge in [-0.2, -0.15) is 0 Å². The van der Waals surface area contributed by atoms with Crippen molar-refractivity contribution in [1.82, 2.24) is 4.90 Å². The molecule has 4 nitrogen and oxygen atoms in total. The summed E-state index contributed by atoms with van der Waals surface area (Å²) in [6, 6.07) is 24.9. The largest absolute Gasteiger partial charge is 0.487 e. The highest BCUT2D eigenvalue weighted by atomic mass is 127. The SMILES string of the molecule is C[C@@H]1CCCC[C@H]1N1C(=O)/C(=C/c2cc(I)c(OCc3ccccc3)c(I)c2)SC1Nc1ccccc1. The monoisotopic (exact) mass is 736 g/mol. The van der Waals surface area contributed by atoms with Crippen LogP contribution in [0, 0.1) is 13.1 Å². The molecule has 2 aliphatic rings. The van der Waals surface area contributed by atoms with E-state index in [1.807, 2.05) is 42.5 Å². The summed E-state index contributed by atoms with van der Waals surface area (Å²) in [5.41, 5.74) is 3.08. The van der Waals surface area contributed by atoms with Gasteiger partial charge < -0.3 is 15.0 Å². The minimum Gasteiger partial charge on any atom is -0.487 e. The number of nitrogens with one attached hydrogen (secondary N) is 1. The van der Waals surface area contributed by atoms with Gasteiger partial charge in [0.15, 0.2) is 5.50 Å². The van der Waals surface area contributed by atoms with Crippen molar-refractivity contribution in [2.24, 2.45) is 5.92 Å². The third kappa shape index (κ3) is 6.47. The number of ether oxygens (including phenoxy) is 1. The summed E-state index contributed by atoms with van der Waals surface area (Å²) >= 11 is 6.29. The normalized spacial score (nSPS) is 22.9. The third-order valence-corrected chi connectivity index (χ3v) is 9.69. The van der Waals surface area contributed by atoms with E-state index in [4.69, 9.17) is 4.74 Å². The number of nitrogens with zero attached hydrogens (tertiary/aromatic N) is 1. The molecule has 1 aliphatic heterocycles. The maximum atomic E-state index is 13.8. The molecule has 192 valence electrons. The molecule has 0 radical (unpaired) electrons. The van der Waals surface area contributed by atoms with E-state index in [9.17, 15) is 4.79 Å². The molecule has 1 N–H and O–H groups in total. The van der Waals surface area contributed by atoms with Crippen molar-refractivity contribution in [3.05, 3.63) is 96.0 Å². The maximum absolute atomic E-state index is 13.8. The van der Waals surface area contributed by atoms with Crippen LogP contribution >= 0.6 is 56.9 Å². The number of hydrogen-bond donors (Lipinski definition) is 1. The number of thioether (sulfide) groups is 1. The zero-order chi connectivity index (χ0) is 25.8. The molecule has 1 unspecified atom stereocenters. The minimum absolute atomic E-state index is 0.113. The Morgan fingerprint density at radius 1 is 1.00 bits per heavy atom. The highest BCUT2D eigenvalue weighted by molar-refractivity contribution is 14.1. The highest BCUT2D eigenvalue weighted by Crippen LogP contribution is 2.42. The van der Waals surface area contributed by atoms with E-state index < -0.39 is 0 Å². The summed E-state index contributed by atoms with van der Waals surface area (Å²) < 4.78 is 8.25. The number of halogens is 2. The molecule has 0 spiro atoms. The summed E-state index contributed by atoms with van der Waals surface area (Å²) in [6.07, 6.45) is 6.72. The number of carbonyl (C=O) groups is 1. The lowest BCUT2D eigenvalue weighted by Crippen LogP contribution is -2.48. The van der Waals surface area contributed by atoms with Gasteiger partial charge in [-0.15, -0.1) is 0 Å². The van der Waals surface area contributed by atoms with Crippen LogP contribution in [0.3, 0.4) is 0 Å². The third-order valence-electron chi connectivity index (χ3n) is 6.97. The number of amides is 1. The zero-order valence-electron chi connectivity index (χ0n) is 20.7. The average molecular weight is 736 g/mol. The fraction of sp³-hybridized carbons (Fsp3) is 0.300. The Morgan fingerprint density at radius 2 is 1.65 bits per heavy atom. The van der Waals surface area contributed by atoms with Gasteiger partial charge in [-0.1, -0.05) is 80.1 Å². The zero-order valence-corrected chi connectivity index (χ0v) is 25.8. The number of rotatable bonds is 7. The Morgan fingerprint density at radius 3 is 2.32 bits per heavy atom. The van der Waals surface area contributed by atoms with Crippen LogP contribution in [0.2, 0.25) is 0 Å². The van der Waals surface area contributed by atoms with Gasteiger partial charge in [-0.05, 0) is 105 Å². The molecule has 3 aromatic rings. The van der Waals surface area contributed by atoms with Gasteiger partial charge in [-0.25, -0.2) is 0 Å². The predicted molar refractivity (Wildman–Crippen MR) is 170 cm³/mol. The van der Waals surface area contributed by atoms with E-state index >= 15 is 0 Å². The van der Waals surface area contributed by atoms with Crippen LogP contribution in [0.15, 0.2) is 77.7 Å². The highest BCUT2D eigenvalue weighted by Gasteiger charge is 2.42. The number of carbonyl (C=O) groups excluding carboxylic acids is 1. The van der Waals surface area contributed by atoms with Crippen molar-refractivity contribution >= 4 is 74.6 Å². The first-order chi connectivity index (χ1) is 18.0. The molecule has 0 bridgehead atoms. The summed E-state index contributed by atoms with van der Waals surface area (Å²) in [7, 11) is 0. The van der Waals surface area contributed by atoms with E-state index in [-0.39, 0.29) is 17.4 Å².